The van der Waals surface area contributed by atoms with Gasteiger partial charge in [0.2, 0.25) is 0 Å². The van der Waals surface area contributed by atoms with Crippen LogP contribution in [0.25, 0.3) is 0 Å². The summed E-state index contributed by atoms with van der Waals surface area (Å²) in [4.78, 5) is 72.5. The summed E-state index contributed by atoms with van der Waals surface area (Å²) in [7, 11) is -9.90. The van der Waals surface area contributed by atoms with Crippen LogP contribution in [0.5, 0.6) is 0 Å². The molecule has 4 unspecified atom stereocenters. The molecule has 0 aliphatic heterocycles. The molecule has 19 heteroatoms. The van der Waals surface area contributed by atoms with Gasteiger partial charge in [-0.1, -0.05) is 306 Å². The summed E-state index contributed by atoms with van der Waals surface area (Å²) in [5.41, 5.74) is 0. The molecular weight excluding hydrogens is 1200 g/mol. The maximum Gasteiger partial charge on any atom is 0.472 e. The first-order valence-electron chi connectivity index (χ1n) is 37.3. The van der Waals surface area contributed by atoms with Gasteiger partial charge in [0.05, 0.1) is 26.4 Å². The number of unbranched alkanes of at least 4 members (excludes halogenated alkanes) is 33. The van der Waals surface area contributed by atoms with Gasteiger partial charge in [0, 0.05) is 25.7 Å². The van der Waals surface area contributed by atoms with Crippen molar-refractivity contribution in [3.05, 3.63) is 0 Å². The van der Waals surface area contributed by atoms with E-state index in [1.54, 1.807) is 0 Å². The second-order valence-electron chi connectivity index (χ2n) is 27.4. The lowest BCUT2D eigenvalue weighted by Crippen LogP contribution is -2.30. The zero-order valence-corrected chi connectivity index (χ0v) is 61.3. The Morgan fingerprint density at radius 2 is 0.527 bits per heavy atom. The SMILES string of the molecule is CCC(C)CCCCCCCCC(=O)OC[C@H](COP(=O)(O)OC[C@H](O)COP(=O)(O)OC[C@@H](COC(=O)CCCCCCCCCCCCCCCCCCCCC(C)C)OC(=O)CCCCCCCCCC(C)C)OC(=O)CCCCCCCCC(C)CC. The predicted octanol–water partition coefficient (Wildman–Crippen LogP) is 20.5. The first-order chi connectivity index (χ1) is 43.7. The fourth-order valence-corrected chi connectivity index (χ4v) is 12.4. The minimum atomic E-state index is -4.95. The highest BCUT2D eigenvalue weighted by Gasteiger charge is 2.30. The maximum atomic E-state index is 13.0. The molecule has 3 N–H and O–H groups in total. The van der Waals surface area contributed by atoms with Crippen molar-refractivity contribution in [3.8, 4) is 0 Å². The van der Waals surface area contributed by atoms with E-state index in [4.69, 9.17) is 37.0 Å². The van der Waals surface area contributed by atoms with Crippen molar-refractivity contribution in [2.24, 2.45) is 23.7 Å². The Labute approximate surface area is 556 Å². The lowest BCUT2D eigenvalue weighted by Gasteiger charge is -2.21. The van der Waals surface area contributed by atoms with Crippen LogP contribution in [0, 0.1) is 23.7 Å². The van der Waals surface area contributed by atoms with Crippen molar-refractivity contribution < 1.29 is 80.2 Å². The molecular formula is C72H140O17P2. The van der Waals surface area contributed by atoms with Gasteiger partial charge in [0.25, 0.3) is 0 Å². The average molecular weight is 1340 g/mol. The smallest absolute Gasteiger partial charge is 0.462 e. The Morgan fingerprint density at radius 3 is 0.780 bits per heavy atom. The van der Waals surface area contributed by atoms with Gasteiger partial charge in [0.1, 0.15) is 19.3 Å². The van der Waals surface area contributed by atoms with E-state index in [1.807, 2.05) is 0 Å². The minimum Gasteiger partial charge on any atom is -0.462 e. The molecule has 0 radical (unpaired) electrons. The normalized spacial score (nSPS) is 14.8. The van der Waals surface area contributed by atoms with Crippen molar-refractivity contribution in [2.45, 2.75) is 375 Å². The summed E-state index contributed by atoms with van der Waals surface area (Å²) in [6.07, 6.45) is 44.8. The number of ether oxygens (including phenoxy) is 4. The molecule has 0 saturated carbocycles. The van der Waals surface area contributed by atoms with Gasteiger partial charge >= 0.3 is 39.5 Å². The molecule has 0 spiro atoms. The largest absolute Gasteiger partial charge is 0.472 e. The van der Waals surface area contributed by atoms with Gasteiger partial charge in [-0.05, 0) is 49.4 Å². The van der Waals surface area contributed by atoms with Crippen LogP contribution in [0.15, 0.2) is 0 Å². The molecule has 540 valence electrons. The molecule has 0 rings (SSSR count). The van der Waals surface area contributed by atoms with E-state index in [-0.39, 0.29) is 25.7 Å². The van der Waals surface area contributed by atoms with Crippen LogP contribution in [0.1, 0.15) is 357 Å². The van der Waals surface area contributed by atoms with E-state index in [0.717, 1.165) is 114 Å². The first kappa shape index (κ1) is 89.1. The van der Waals surface area contributed by atoms with Crippen LogP contribution < -0.4 is 0 Å². The van der Waals surface area contributed by atoms with Crippen LogP contribution in [-0.2, 0) is 65.4 Å². The summed E-state index contributed by atoms with van der Waals surface area (Å²) in [6, 6.07) is 0. The fraction of sp³-hybridized carbons (Fsp3) is 0.944. The lowest BCUT2D eigenvalue weighted by molar-refractivity contribution is -0.161. The summed E-state index contributed by atoms with van der Waals surface area (Å²) < 4.78 is 68.2. The molecule has 0 aromatic rings. The van der Waals surface area contributed by atoms with E-state index >= 15 is 0 Å². The molecule has 0 amide bonds. The summed E-state index contributed by atoms with van der Waals surface area (Å²) in [5, 5.41) is 10.6. The average Bonchev–Trinajstić information content (AvgIpc) is 3.72. The quantitative estimate of drug-likeness (QED) is 0.0222. The maximum absolute atomic E-state index is 13.0. The summed E-state index contributed by atoms with van der Waals surface area (Å²) >= 11 is 0. The molecule has 0 bridgehead atoms. The molecule has 7 atom stereocenters. The summed E-state index contributed by atoms with van der Waals surface area (Å²) in [5.74, 6) is 0.836. The number of hydrogen-bond acceptors (Lipinski definition) is 15. The van der Waals surface area contributed by atoms with Crippen LogP contribution in [0.3, 0.4) is 0 Å². The molecule has 0 aliphatic carbocycles. The number of aliphatic hydroxyl groups excluding tert-OH is 1. The Morgan fingerprint density at radius 1 is 0.308 bits per heavy atom. The number of phosphoric acid groups is 2. The molecule has 0 aliphatic rings. The highest BCUT2D eigenvalue weighted by Crippen LogP contribution is 2.45. The van der Waals surface area contributed by atoms with E-state index < -0.39 is 97.5 Å². The van der Waals surface area contributed by atoms with E-state index in [2.05, 4.69) is 55.4 Å². The Kier molecular flexibility index (Phi) is 60.3. The first-order valence-corrected chi connectivity index (χ1v) is 40.3. The lowest BCUT2D eigenvalue weighted by atomic mass is 10.00. The van der Waals surface area contributed by atoms with Crippen LogP contribution in [0.2, 0.25) is 0 Å². The van der Waals surface area contributed by atoms with Gasteiger partial charge in [-0.25, -0.2) is 9.13 Å². The number of phosphoric ester groups is 2. The molecule has 0 fully saturated rings. The molecule has 17 nitrogen and oxygen atoms in total. The van der Waals surface area contributed by atoms with Crippen molar-refractivity contribution >= 4 is 39.5 Å². The van der Waals surface area contributed by atoms with Crippen LogP contribution in [0.4, 0.5) is 0 Å². The predicted molar refractivity (Wildman–Crippen MR) is 367 cm³/mol. The standard InChI is InChI=1S/C72H140O17P2/c1-9-64(7)50-42-34-28-30-37-45-53-70(75)83-59-68(89-72(77)55-47-39-31-29-35-43-51-65(8)10-2)61-87-91(80,81)85-57-66(73)56-84-90(78,79)86-60-67(88-71(76)54-46-38-27-23-25-33-41-49-63(5)6)58-82-69(74)52-44-36-26-22-20-18-16-14-12-11-13-15-17-19-21-24-32-40-48-62(3)4/h62-68,73H,9-61H2,1-8H3,(H,78,79)(H,80,81)/t64?,65?,66-,67-,68-/m1/s1. The monoisotopic (exact) mass is 1340 g/mol. The second-order valence-corrected chi connectivity index (χ2v) is 30.3. The minimum absolute atomic E-state index is 0.102. The van der Waals surface area contributed by atoms with Gasteiger partial charge in [-0.15, -0.1) is 0 Å². The highest BCUT2D eigenvalue weighted by molar-refractivity contribution is 7.47. The van der Waals surface area contributed by atoms with Gasteiger partial charge in [0.15, 0.2) is 12.2 Å². The highest BCUT2D eigenvalue weighted by atomic mass is 31.2. The molecule has 0 aromatic heterocycles. The molecule has 0 saturated heterocycles. The van der Waals surface area contributed by atoms with Gasteiger partial charge in [-0.3, -0.25) is 37.3 Å². The van der Waals surface area contributed by atoms with Crippen molar-refractivity contribution in [3.63, 3.8) is 0 Å². The van der Waals surface area contributed by atoms with Crippen LogP contribution in [-0.4, -0.2) is 96.7 Å². The zero-order valence-electron chi connectivity index (χ0n) is 59.5. The summed E-state index contributed by atoms with van der Waals surface area (Å²) in [6.45, 7) is 14.0. The number of carbonyl (C=O) groups is 4. The molecule has 0 heterocycles. The Balaban J connectivity index is 5.13. The van der Waals surface area contributed by atoms with E-state index in [0.29, 0.717) is 31.6 Å². The fourth-order valence-electron chi connectivity index (χ4n) is 10.8. The van der Waals surface area contributed by atoms with E-state index in [9.17, 15) is 43.2 Å². The third-order valence-electron chi connectivity index (χ3n) is 17.3. The van der Waals surface area contributed by atoms with Crippen LogP contribution >= 0.6 is 15.6 Å². The van der Waals surface area contributed by atoms with Gasteiger partial charge in [-0.2, -0.15) is 0 Å². The van der Waals surface area contributed by atoms with Crippen molar-refractivity contribution in [1.29, 1.82) is 0 Å². The third-order valence-corrected chi connectivity index (χ3v) is 19.2. The zero-order chi connectivity index (χ0) is 67.5. The van der Waals surface area contributed by atoms with Crippen molar-refractivity contribution in [1.82, 2.24) is 0 Å². The topological polar surface area (TPSA) is 237 Å². The number of rotatable bonds is 69. The van der Waals surface area contributed by atoms with E-state index in [1.165, 1.54) is 154 Å². The third kappa shape index (κ3) is 63.9. The number of hydrogen-bond donors (Lipinski definition) is 3. The second kappa shape index (κ2) is 61.6. The molecule has 91 heavy (non-hydrogen) atoms. The number of carbonyl (C=O) groups excluding carboxylic acids is 4. The van der Waals surface area contributed by atoms with Crippen molar-refractivity contribution in [2.75, 3.05) is 39.6 Å². The Bertz CT molecular complexity index is 1800. The van der Waals surface area contributed by atoms with Gasteiger partial charge < -0.3 is 33.8 Å². The molecule has 0 aromatic carbocycles. The number of esters is 4. The number of aliphatic hydroxyl groups is 1. The Hall–Kier alpha value is -1.94.